The van der Waals surface area contributed by atoms with Crippen LogP contribution < -0.4 is 10.5 Å². The van der Waals surface area contributed by atoms with Crippen LogP contribution >= 0.6 is 0 Å². The Bertz CT molecular complexity index is 679. The lowest BCUT2D eigenvalue weighted by molar-refractivity contribution is 0.0696. The van der Waals surface area contributed by atoms with E-state index in [4.69, 9.17) is 15.6 Å². The Morgan fingerprint density at radius 1 is 1.10 bits per heavy atom. The summed E-state index contributed by atoms with van der Waals surface area (Å²) in [6, 6.07) is 11.1. The molecule has 0 fully saturated rings. The molecule has 2 rings (SSSR count). The van der Waals surface area contributed by atoms with Crippen molar-refractivity contribution in [1.29, 1.82) is 0 Å². The van der Waals surface area contributed by atoms with Crippen molar-refractivity contribution < 1.29 is 19.4 Å². The molecule has 102 valence electrons. The van der Waals surface area contributed by atoms with Crippen LogP contribution in [-0.2, 0) is 0 Å². The number of rotatable bonds is 4. The number of carbonyl (C=O) groups is 2. The Morgan fingerprint density at radius 2 is 1.80 bits per heavy atom. The van der Waals surface area contributed by atoms with E-state index in [2.05, 4.69) is 0 Å². The van der Waals surface area contributed by atoms with Crippen LogP contribution in [0.15, 0.2) is 42.5 Å². The molecule has 0 heterocycles. The van der Waals surface area contributed by atoms with Crippen molar-refractivity contribution >= 4 is 11.9 Å². The predicted molar refractivity (Wildman–Crippen MR) is 73.2 cm³/mol. The molecule has 0 spiro atoms. The van der Waals surface area contributed by atoms with Crippen LogP contribution in [0.5, 0.6) is 11.5 Å². The number of carbonyl (C=O) groups excluding carboxylic acids is 1. The largest absolute Gasteiger partial charge is 0.478 e. The van der Waals surface area contributed by atoms with Gasteiger partial charge in [0.15, 0.2) is 0 Å². The third kappa shape index (κ3) is 2.95. The van der Waals surface area contributed by atoms with E-state index in [1.807, 2.05) is 0 Å². The van der Waals surface area contributed by atoms with Gasteiger partial charge >= 0.3 is 5.97 Å². The molecule has 20 heavy (non-hydrogen) atoms. The smallest absolute Gasteiger partial charge is 0.335 e. The van der Waals surface area contributed by atoms with Gasteiger partial charge in [0, 0.05) is 5.56 Å². The van der Waals surface area contributed by atoms with Gasteiger partial charge in [-0.2, -0.15) is 0 Å². The van der Waals surface area contributed by atoms with Gasteiger partial charge < -0.3 is 15.6 Å². The molecule has 0 aromatic heterocycles. The number of benzene rings is 2. The topological polar surface area (TPSA) is 89.6 Å². The lowest BCUT2D eigenvalue weighted by atomic mass is 10.1. The number of hydrogen-bond donors (Lipinski definition) is 2. The first kappa shape index (κ1) is 13.6. The van der Waals surface area contributed by atoms with E-state index in [1.54, 1.807) is 37.3 Å². The highest BCUT2D eigenvalue weighted by molar-refractivity contribution is 5.93. The van der Waals surface area contributed by atoms with Crippen LogP contribution in [0.25, 0.3) is 0 Å². The van der Waals surface area contributed by atoms with E-state index in [-0.39, 0.29) is 5.56 Å². The van der Waals surface area contributed by atoms with E-state index in [0.29, 0.717) is 22.6 Å². The van der Waals surface area contributed by atoms with Crippen molar-refractivity contribution in [1.82, 2.24) is 0 Å². The minimum absolute atomic E-state index is 0.225. The molecule has 0 aliphatic heterocycles. The molecular formula is C15H13NO4. The fraction of sp³-hybridized carbons (Fsp3) is 0.0667. The van der Waals surface area contributed by atoms with Crippen LogP contribution in [0.3, 0.4) is 0 Å². The third-order valence-corrected chi connectivity index (χ3v) is 2.78. The number of hydrogen-bond acceptors (Lipinski definition) is 3. The summed E-state index contributed by atoms with van der Waals surface area (Å²) in [6.45, 7) is 1.69. The van der Waals surface area contributed by atoms with Gasteiger partial charge in [0.05, 0.1) is 5.56 Å². The lowest BCUT2D eigenvalue weighted by Crippen LogP contribution is -2.10. The van der Waals surface area contributed by atoms with Crippen LogP contribution in [-0.4, -0.2) is 17.0 Å². The van der Waals surface area contributed by atoms with Crippen LogP contribution in [0.1, 0.15) is 26.3 Å². The molecule has 0 aliphatic carbocycles. The zero-order valence-corrected chi connectivity index (χ0v) is 10.8. The highest BCUT2D eigenvalue weighted by atomic mass is 16.5. The first-order valence-corrected chi connectivity index (χ1v) is 5.89. The number of carboxylic acid groups (broad SMARTS) is 1. The van der Waals surface area contributed by atoms with Crippen molar-refractivity contribution in [2.45, 2.75) is 6.92 Å². The summed E-state index contributed by atoms with van der Waals surface area (Å²) in [5, 5.41) is 8.95. The summed E-state index contributed by atoms with van der Waals surface area (Å²) in [7, 11) is 0. The molecule has 0 radical (unpaired) electrons. The SMILES string of the molecule is Cc1cc(Oc2cccc(C(N)=O)c2)ccc1C(=O)O. The average molecular weight is 271 g/mol. The maximum absolute atomic E-state index is 11.1. The Balaban J connectivity index is 2.26. The van der Waals surface area contributed by atoms with Crippen LogP contribution in [0.4, 0.5) is 0 Å². The van der Waals surface area contributed by atoms with Gasteiger partial charge in [-0.25, -0.2) is 4.79 Å². The number of nitrogens with two attached hydrogens (primary N) is 1. The molecule has 0 bridgehead atoms. The average Bonchev–Trinajstić information content (AvgIpc) is 2.38. The first-order valence-electron chi connectivity index (χ1n) is 5.89. The summed E-state index contributed by atoms with van der Waals surface area (Å²) in [5.41, 5.74) is 6.37. The standard InChI is InChI=1S/C15H13NO4/c1-9-7-12(5-6-13(9)15(18)19)20-11-4-2-3-10(8-11)14(16)17/h2-8H,1H3,(H2,16,17)(H,18,19). The second-order valence-electron chi connectivity index (χ2n) is 4.28. The summed E-state index contributed by atoms with van der Waals surface area (Å²) < 4.78 is 5.58. The molecule has 5 nitrogen and oxygen atoms in total. The molecule has 0 saturated heterocycles. The maximum atomic E-state index is 11.1. The van der Waals surface area contributed by atoms with E-state index < -0.39 is 11.9 Å². The number of primary amides is 1. The molecule has 0 saturated carbocycles. The summed E-state index contributed by atoms with van der Waals surface area (Å²) in [4.78, 5) is 22.0. The maximum Gasteiger partial charge on any atom is 0.335 e. The van der Waals surface area contributed by atoms with Crippen molar-refractivity contribution in [2.24, 2.45) is 5.73 Å². The molecule has 0 aliphatic rings. The van der Waals surface area contributed by atoms with Crippen molar-refractivity contribution in [2.75, 3.05) is 0 Å². The molecule has 5 heteroatoms. The molecule has 3 N–H and O–H groups in total. The van der Waals surface area contributed by atoms with E-state index in [1.165, 1.54) is 12.1 Å². The van der Waals surface area contributed by atoms with Gasteiger partial charge in [-0.3, -0.25) is 4.79 Å². The van der Waals surface area contributed by atoms with Crippen molar-refractivity contribution in [3.05, 3.63) is 59.2 Å². The monoisotopic (exact) mass is 271 g/mol. The Labute approximate surface area is 115 Å². The molecule has 1 amide bonds. The van der Waals surface area contributed by atoms with Crippen molar-refractivity contribution in [3.63, 3.8) is 0 Å². The second kappa shape index (κ2) is 5.44. The molecule has 0 atom stereocenters. The quantitative estimate of drug-likeness (QED) is 0.894. The van der Waals surface area contributed by atoms with Gasteiger partial charge in [0.1, 0.15) is 11.5 Å². The first-order chi connectivity index (χ1) is 9.47. The predicted octanol–water partition coefficient (Wildman–Crippen LogP) is 2.58. The number of ether oxygens (including phenoxy) is 1. The lowest BCUT2D eigenvalue weighted by Gasteiger charge is -2.08. The van der Waals surface area contributed by atoms with Crippen molar-refractivity contribution in [3.8, 4) is 11.5 Å². The number of aryl methyl sites for hydroxylation is 1. The minimum atomic E-state index is -0.982. The Hall–Kier alpha value is -2.82. The van der Waals surface area contributed by atoms with Gasteiger partial charge in [-0.1, -0.05) is 6.07 Å². The zero-order chi connectivity index (χ0) is 14.7. The number of carboxylic acids is 1. The van der Waals surface area contributed by atoms with Crippen LogP contribution in [0, 0.1) is 6.92 Å². The van der Waals surface area contributed by atoms with E-state index in [0.717, 1.165) is 0 Å². The summed E-state index contributed by atoms with van der Waals surface area (Å²) >= 11 is 0. The van der Waals surface area contributed by atoms with Crippen LogP contribution in [0.2, 0.25) is 0 Å². The fourth-order valence-corrected chi connectivity index (χ4v) is 1.79. The van der Waals surface area contributed by atoms with E-state index in [9.17, 15) is 9.59 Å². The highest BCUT2D eigenvalue weighted by Gasteiger charge is 2.08. The van der Waals surface area contributed by atoms with Gasteiger partial charge in [-0.15, -0.1) is 0 Å². The molecule has 2 aromatic carbocycles. The molecule has 0 unspecified atom stereocenters. The normalized spacial score (nSPS) is 10.1. The van der Waals surface area contributed by atoms with Gasteiger partial charge in [-0.05, 0) is 48.9 Å². The second-order valence-corrected chi connectivity index (χ2v) is 4.28. The molecular weight excluding hydrogens is 258 g/mol. The van der Waals surface area contributed by atoms with Gasteiger partial charge in [0.25, 0.3) is 0 Å². The highest BCUT2D eigenvalue weighted by Crippen LogP contribution is 2.24. The Morgan fingerprint density at radius 3 is 2.40 bits per heavy atom. The van der Waals surface area contributed by atoms with Gasteiger partial charge in [0.2, 0.25) is 5.91 Å². The molecule has 2 aromatic rings. The summed E-state index contributed by atoms with van der Waals surface area (Å²) in [6.07, 6.45) is 0. The zero-order valence-electron chi connectivity index (χ0n) is 10.8. The third-order valence-electron chi connectivity index (χ3n) is 2.78. The van der Waals surface area contributed by atoms with E-state index >= 15 is 0 Å². The number of aromatic carboxylic acids is 1. The number of amides is 1. The fourth-order valence-electron chi connectivity index (χ4n) is 1.79. The summed E-state index contributed by atoms with van der Waals surface area (Å²) in [5.74, 6) is -0.560. The Kier molecular flexibility index (Phi) is 3.70. The minimum Gasteiger partial charge on any atom is -0.478 e.